The lowest BCUT2D eigenvalue weighted by Crippen LogP contribution is -2.07. The zero-order chi connectivity index (χ0) is 10.4. The predicted molar refractivity (Wildman–Crippen MR) is 51.4 cm³/mol. The molecule has 0 spiro atoms. The summed E-state index contributed by atoms with van der Waals surface area (Å²) in [5, 5.41) is 0. The van der Waals surface area contributed by atoms with Crippen LogP contribution in [0.4, 0.5) is 4.39 Å². The molecule has 2 nitrogen and oxygen atoms in total. The Morgan fingerprint density at radius 3 is 2.79 bits per heavy atom. The Morgan fingerprint density at radius 1 is 1.43 bits per heavy atom. The van der Waals surface area contributed by atoms with Crippen LogP contribution in [0.5, 0.6) is 0 Å². The Morgan fingerprint density at radius 2 is 2.14 bits per heavy atom. The number of hydrogen-bond donors (Lipinski definition) is 0. The molecule has 76 valence electrons. The van der Waals surface area contributed by atoms with Crippen LogP contribution in [0.1, 0.15) is 18.9 Å². The summed E-state index contributed by atoms with van der Waals surface area (Å²) in [5.74, 6) is -0.266. The summed E-state index contributed by atoms with van der Waals surface area (Å²) < 4.78 is 18.1. The summed E-state index contributed by atoms with van der Waals surface area (Å²) in [6, 6.07) is 6.38. The van der Waals surface area contributed by atoms with Crippen molar-refractivity contribution in [1.82, 2.24) is 0 Å². The Labute approximate surface area is 82.7 Å². The van der Waals surface area contributed by atoms with E-state index in [0.717, 1.165) is 0 Å². The van der Waals surface area contributed by atoms with Gasteiger partial charge < -0.3 is 4.74 Å². The Balaban J connectivity index is 2.39. The van der Waals surface area contributed by atoms with E-state index in [4.69, 9.17) is 4.74 Å². The van der Waals surface area contributed by atoms with Gasteiger partial charge >= 0.3 is 0 Å². The highest BCUT2D eigenvalue weighted by Crippen LogP contribution is 2.07. The highest BCUT2D eigenvalue weighted by Gasteiger charge is 2.02. The van der Waals surface area contributed by atoms with Gasteiger partial charge in [0, 0.05) is 12.0 Å². The van der Waals surface area contributed by atoms with E-state index in [2.05, 4.69) is 0 Å². The van der Waals surface area contributed by atoms with Crippen LogP contribution in [-0.4, -0.2) is 12.4 Å². The molecule has 1 aromatic rings. The number of rotatable bonds is 5. The summed E-state index contributed by atoms with van der Waals surface area (Å²) in [6.45, 7) is 1.98. The van der Waals surface area contributed by atoms with Crippen molar-refractivity contribution in [2.45, 2.75) is 20.0 Å². The van der Waals surface area contributed by atoms with Crippen molar-refractivity contribution in [3.05, 3.63) is 35.6 Å². The van der Waals surface area contributed by atoms with Gasteiger partial charge in [-0.05, 0) is 6.07 Å². The fourth-order valence-corrected chi connectivity index (χ4v) is 0.992. The molecule has 0 bridgehead atoms. The monoisotopic (exact) mass is 196 g/mol. The van der Waals surface area contributed by atoms with Crippen molar-refractivity contribution in [2.24, 2.45) is 0 Å². The van der Waals surface area contributed by atoms with Gasteiger partial charge in [-0.15, -0.1) is 0 Å². The van der Waals surface area contributed by atoms with Crippen LogP contribution < -0.4 is 0 Å². The van der Waals surface area contributed by atoms with Crippen LogP contribution in [0, 0.1) is 5.82 Å². The molecule has 3 heteroatoms. The Bertz CT molecular complexity index is 310. The van der Waals surface area contributed by atoms with Crippen molar-refractivity contribution in [1.29, 1.82) is 0 Å². The fourth-order valence-electron chi connectivity index (χ4n) is 0.992. The highest BCUT2D eigenvalue weighted by atomic mass is 19.1. The van der Waals surface area contributed by atoms with Gasteiger partial charge in [-0.25, -0.2) is 4.39 Å². The minimum atomic E-state index is -0.295. The number of carbonyl (C=O) groups is 1. The molecule has 0 aliphatic carbocycles. The largest absolute Gasteiger partial charge is 0.369 e. The van der Waals surface area contributed by atoms with E-state index < -0.39 is 0 Å². The second kappa shape index (κ2) is 5.50. The van der Waals surface area contributed by atoms with Gasteiger partial charge in [-0.2, -0.15) is 0 Å². The molecule has 1 aromatic carbocycles. The molecule has 0 saturated heterocycles. The normalized spacial score (nSPS) is 10.1. The smallest absolute Gasteiger partial charge is 0.158 e. The van der Waals surface area contributed by atoms with Gasteiger partial charge in [-0.1, -0.05) is 25.1 Å². The van der Waals surface area contributed by atoms with Crippen molar-refractivity contribution in [3.63, 3.8) is 0 Å². The first-order valence-corrected chi connectivity index (χ1v) is 4.57. The SMILES string of the molecule is CCC(=O)COCc1ccccc1F. The van der Waals surface area contributed by atoms with Crippen molar-refractivity contribution in [2.75, 3.05) is 6.61 Å². The first-order chi connectivity index (χ1) is 6.74. The third-order valence-corrected chi connectivity index (χ3v) is 1.87. The standard InChI is InChI=1S/C11H13FO2/c1-2-10(13)8-14-7-9-5-3-4-6-11(9)12/h3-6H,2,7-8H2,1H3. The molecule has 0 atom stereocenters. The molecule has 0 fully saturated rings. The van der Waals surface area contributed by atoms with Crippen molar-refractivity contribution >= 4 is 5.78 Å². The van der Waals surface area contributed by atoms with Crippen LogP contribution in [0.25, 0.3) is 0 Å². The maximum absolute atomic E-state index is 13.0. The van der Waals surface area contributed by atoms with E-state index in [1.165, 1.54) is 6.07 Å². The third-order valence-electron chi connectivity index (χ3n) is 1.87. The van der Waals surface area contributed by atoms with Gasteiger partial charge in [0.15, 0.2) is 5.78 Å². The summed E-state index contributed by atoms with van der Waals surface area (Å²) in [6.07, 6.45) is 0.456. The Hall–Kier alpha value is -1.22. The number of hydrogen-bond acceptors (Lipinski definition) is 2. The quantitative estimate of drug-likeness (QED) is 0.722. The number of benzene rings is 1. The Kier molecular flexibility index (Phi) is 4.26. The summed E-state index contributed by atoms with van der Waals surface area (Å²) in [7, 11) is 0. The molecule has 0 saturated carbocycles. The average molecular weight is 196 g/mol. The van der Waals surface area contributed by atoms with E-state index in [0.29, 0.717) is 12.0 Å². The van der Waals surface area contributed by atoms with E-state index >= 15 is 0 Å². The lowest BCUT2D eigenvalue weighted by atomic mass is 10.2. The second-order valence-electron chi connectivity index (χ2n) is 2.98. The van der Waals surface area contributed by atoms with Crippen molar-refractivity contribution in [3.8, 4) is 0 Å². The molecular formula is C11H13FO2. The average Bonchev–Trinajstić information content (AvgIpc) is 2.20. The third kappa shape index (κ3) is 3.26. The molecule has 0 amide bonds. The molecule has 0 heterocycles. The number of Topliss-reactive ketones (excluding diaryl/α,β-unsaturated/α-hetero) is 1. The highest BCUT2D eigenvalue weighted by molar-refractivity contribution is 5.79. The lowest BCUT2D eigenvalue weighted by molar-refractivity contribution is -0.123. The van der Waals surface area contributed by atoms with E-state index in [9.17, 15) is 9.18 Å². The molecule has 0 unspecified atom stereocenters. The molecule has 0 N–H and O–H groups in total. The lowest BCUT2D eigenvalue weighted by Gasteiger charge is -2.03. The second-order valence-corrected chi connectivity index (χ2v) is 2.98. The van der Waals surface area contributed by atoms with Crippen LogP contribution in [0.3, 0.4) is 0 Å². The van der Waals surface area contributed by atoms with Gasteiger partial charge in [0.05, 0.1) is 6.61 Å². The maximum Gasteiger partial charge on any atom is 0.158 e. The van der Waals surface area contributed by atoms with E-state index in [1.807, 2.05) is 0 Å². The molecule has 0 radical (unpaired) electrons. The van der Waals surface area contributed by atoms with Gasteiger partial charge in [0.2, 0.25) is 0 Å². The van der Waals surface area contributed by atoms with Gasteiger partial charge in [0.25, 0.3) is 0 Å². The van der Waals surface area contributed by atoms with Crippen molar-refractivity contribution < 1.29 is 13.9 Å². The first-order valence-electron chi connectivity index (χ1n) is 4.57. The van der Waals surface area contributed by atoms with Crippen LogP contribution >= 0.6 is 0 Å². The summed E-state index contributed by atoms with van der Waals surface area (Å²) >= 11 is 0. The van der Waals surface area contributed by atoms with Crippen LogP contribution in [-0.2, 0) is 16.1 Å². The molecule has 0 aliphatic heterocycles. The zero-order valence-corrected chi connectivity index (χ0v) is 8.13. The van der Waals surface area contributed by atoms with Crippen LogP contribution in [0.15, 0.2) is 24.3 Å². The molecular weight excluding hydrogens is 183 g/mol. The molecule has 0 aromatic heterocycles. The molecule has 0 aliphatic rings. The summed E-state index contributed by atoms with van der Waals surface area (Å²) in [5.41, 5.74) is 0.483. The fraction of sp³-hybridized carbons (Fsp3) is 0.364. The predicted octanol–water partition coefficient (Wildman–Crippen LogP) is 2.32. The maximum atomic E-state index is 13.0. The number of ketones is 1. The van der Waals surface area contributed by atoms with Crippen LogP contribution in [0.2, 0.25) is 0 Å². The molecule has 1 rings (SSSR count). The minimum Gasteiger partial charge on any atom is -0.369 e. The first kappa shape index (κ1) is 10.9. The number of halogens is 1. The van der Waals surface area contributed by atoms with Gasteiger partial charge in [-0.3, -0.25) is 4.79 Å². The number of carbonyl (C=O) groups excluding carboxylic acids is 1. The number of ether oxygens (including phenoxy) is 1. The molecule has 14 heavy (non-hydrogen) atoms. The van der Waals surface area contributed by atoms with Gasteiger partial charge in [0.1, 0.15) is 12.4 Å². The summed E-state index contributed by atoms with van der Waals surface area (Å²) in [4.78, 5) is 10.9. The van der Waals surface area contributed by atoms with E-state index in [1.54, 1.807) is 25.1 Å². The minimum absolute atomic E-state index is 0.0290. The topological polar surface area (TPSA) is 26.3 Å². The zero-order valence-electron chi connectivity index (χ0n) is 8.13. The van der Waals surface area contributed by atoms with E-state index in [-0.39, 0.29) is 24.8 Å².